The van der Waals surface area contributed by atoms with Gasteiger partial charge in [-0.2, -0.15) is 46.4 Å². The minimum absolute atomic E-state index is 0.0163. The van der Waals surface area contributed by atoms with Gasteiger partial charge in [-0.1, -0.05) is 6.07 Å². The number of nitrogens with zero attached hydrogens (tertiary/aromatic N) is 5. The highest BCUT2D eigenvalue weighted by molar-refractivity contribution is 5.55. The van der Waals surface area contributed by atoms with Gasteiger partial charge in [0.2, 0.25) is 11.9 Å². The van der Waals surface area contributed by atoms with Gasteiger partial charge in [0.05, 0.1) is 5.56 Å². The number of halogens is 6. The van der Waals surface area contributed by atoms with E-state index in [0.29, 0.717) is 19.5 Å². The highest BCUT2D eigenvalue weighted by atomic mass is 19.4. The first-order valence-corrected chi connectivity index (χ1v) is 9.20. The van der Waals surface area contributed by atoms with Crippen LogP contribution in [-0.2, 0) is 12.7 Å². The number of ether oxygens (including phenoxy) is 1. The van der Waals surface area contributed by atoms with Gasteiger partial charge in [0, 0.05) is 31.2 Å². The molecule has 0 unspecified atom stereocenters. The molecule has 2 N–H and O–H groups in total. The third kappa shape index (κ3) is 7.28. The normalized spacial score (nSPS) is 11.9. The van der Waals surface area contributed by atoms with Gasteiger partial charge in [0.25, 0.3) is 0 Å². The van der Waals surface area contributed by atoms with Crippen molar-refractivity contribution in [3.05, 3.63) is 48.3 Å². The molecule has 0 atom stereocenters. The number of aromatic nitrogens is 5. The van der Waals surface area contributed by atoms with Crippen LogP contribution in [0.2, 0.25) is 0 Å². The van der Waals surface area contributed by atoms with E-state index in [1.807, 2.05) is 0 Å². The van der Waals surface area contributed by atoms with Crippen molar-refractivity contribution in [2.75, 3.05) is 23.8 Å². The van der Waals surface area contributed by atoms with Crippen molar-refractivity contribution >= 4 is 17.6 Å². The van der Waals surface area contributed by atoms with Crippen LogP contribution in [0.4, 0.5) is 43.9 Å². The first kappa shape index (κ1) is 23.1. The summed E-state index contributed by atoms with van der Waals surface area (Å²) < 4.78 is 82.4. The van der Waals surface area contributed by atoms with Crippen LogP contribution >= 0.6 is 0 Å². The van der Waals surface area contributed by atoms with Crippen molar-refractivity contribution < 1.29 is 31.1 Å². The predicted octanol–water partition coefficient (Wildman–Crippen LogP) is 4.27. The van der Waals surface area contributed by atoms with Crippen LogP contribution < -0.4 is 15.4 Å². The van der Waals surface area contributed by atoms with Crippen molar-refractivity contribution in [1.29, 1.82) is 0 Å². The second-order valence-electron chi connectivity index (χ2n) is 6.42. The summed E-state index contributed by atoms with van der Waals surface area (Å²) in [7, 11) is 0. The van der Waals surface area contributed by atoms with Gasteiger partial charge < -0.3 is 15.4 Å². The van der Waals surface area contributed by atoms with Crippen molar-refractivity contribution in [2.24, 2.45) is 0 Å². The van der Waals surface area contributed by atoms with Gasteiger partial charge in [-0.25, -0.2) is 0 Å². The summed E-state index contributed by atoms with van der Waals surface area (Å²) in [5, 5.41) is 9.39. The third-order valence-corrected chi connectivity index (χ3v) is 3.83. The standard InChI is InChI=1S/C18H17F6N7O/c19-17(20,21)11-32-16-29-14(25-6-2-8-31-9-3-7-26-31)28-15(30-16)27-13-5-1-4-12(10-13)18(22,23)24/h1,3-5,7,9-10H,2,6,8,11H2,(H2,25,27,28,29,30). The fourth-order valence-electron chi connectivity index (χ4n) is 2.48. The summed E-state index contributed by atoms with van der Waals surface area (Å²) in [4.78, 5) is 11.5. The maximum atomic E-state index is 12.9. The van der Waals surface area contributed by atoms with E-state index in [2.05, 4.69) is 35.4 Å². The molecule has 3 rings (SSSR count). The molecule has 0 fully saturated rings. The molecule has 172 valence electrons. The minimum atomic E-state index is -4.63. The van der Waals surface area contributed by atoms with Crippen LogP contribution in [0, 0.1) is 0 Å². The second-order valence-corrected chi connectivity index (χ2v) is 6.42. The molecule has 3 aromatic rings. The molecule has 1 aromatic carbocycles. The molecule has 0 aliphatic heterocycles. The zero-order valence-electron chi connectivity index (χ0n) is 16.3. The largest absolute Gasteiger partial charge is 0.454 e. The molecule has 2 aromatic heterocycles. The summed E-state index contributed by atoms with van der Waals surface area (Å²) in [6, 6.07) is 5.31. The summed E-state index contributed by atoms with van der Waals surface area (Å²) in [6.45, 7) is -0.734. The number of alkyl halides is 6. The quantitative estimate of drug-likeness (QED) is 0.363. The van der Waals surface area contributed by atoms with E-state index >= 15 is 0 Å². The molecular formula is C18H17F6N7O. The smallest absolute Gasteiger partial charge is 0.422 e. The van der Waals surface area contributed by atoms with E-state index in [-0.39, 0.29) is 17.6 Å². The molecule has 14 heteroatoms. The van der Waals surface area contributed by atoms with Gasteiger partial charge >= 0.3 is 18.4 Å². The van der Waals surface area contributed by atoms with Crippen LogP contribution in [-0.4, -0.2) is 44.1 Å². The molecule has 0 spiro atoms. The number of aryl methyl sites for hydroxylation is 1. The maximum Gasteiger partial charge on any atom is 0.422 e. The van der Waals surface area contributed by atoms with Gasteiger partial charge in [0.15, 0.2) is 6.61 Å². The molecule has 0 aliphatic rings. The van der Waals surface area contributed by atoms with E-state index < -0.39 is 30.5 Å². The molecule has 8 nitrogen and oxygen atoms in total. The topological polar surface area (TPSA) is 89.8 Å². The number of hydrogen-bond donors (Lipinski definition) is 2. The highest BCUT2D eigenvalue weighted by Crippen LogP contribution is 2.31. The summed E-state index contributed by atoms with van der Waals surface area (Å²) in [5.41, 5.74) is -0.931. The second kappa shape index (κ2) is 9.70. The molecule has 2 heterocycles. The number of hydrogen-bond acceptors (Lipinski definition) is 7. The van der Waals surface area contributed by atoms with E-state index in [1.165, 1.54) is 12.1 Å². The molecular weight excluding hydrogens is 444 g/mol. The molecule has 0 bridgehead atoms. The molecule has 0 saturated carbocycles. The lowest BCUT2D eigenvalue weighted by Crippen LogP contribution is -2.21. The van der Waals surface area contributed by atoms with Crippen molar-refractivity contribution in [1.82, 2.24) is 24.7 Å². The Labute approximate surface area is 177 Å². The first-order valence-electron chi connectivity index (χ1n) is 9.20. The Morgan fingerprint density at radius 2 is 1.75 bits per heavy atom. The fraction of sp³-hybridized carbons (Fsp3) is 0.333. The minimum Gasteiger partial charge on any atom is -0.454 e. The first-order chi connectivity index (χ1) is 15.1. The van der Waals surface area contributed by atoms with E-state index in [1.54, 1.807) is 23.1 Å². The van der Waals surface area contributed by atoms with E-state index in [0.717, 1.165) is 12.1 Å². The number of anilines is 3. The van der Waals surface area contributed by atoms with E-state index in [9.17, 15) is 26.3 Å². The van der Waals surface area contributed by atoms with Crippen molar-refractivity contribution in [3.63, 3.8) is 0 Å². The van der Waals surface area contributed by atoms with Gasteiger partial charge in [0.1, 0.15) is 0 Å². The Morgan fingerprint density at radius 1 is 0.969 bits per heavy atom. The lowest BCUT2D eigenvalue weighted by Gasteiger charge is -2.13. The molecule has 0 radical (unpaired) electrons. The molecule has 0 amide bonds. The fourth-order valence-corrected chi connectivity index (χ4v) is 2.48. The molecule has 0 saturated heterocycles. The summed E-state index contributed by atoms with van der Waals surface area (Å²) in [6.07, 6.45) is -5.22. The predicted molar refractivity (Wildman–Crippen MR) is 101 cm³/mol. The van der Waals surface area contributed by atoms with Gasteiger partial charge in [-0.3, -0.25) is 4.68 Å². The molecule has 0 aliphatic carbocycles. The zero-order chi connectivity index (χ0) is 23.2. The Hall–Kier alpha value is -3.58. The van der Waals surface area contributed by atoms with Crippen molar-refractivity contribution in [3.8, 4) is 6.01 Å². The SMILES string of the molecule is FC(F)(F)COc1nc(NCCCn2cccn2)nc(Nc2cccc(C(F)(F)F)c2)n1. The zero-order valence-corrected chi connectivity index (χ0v) is 16.3. The average Bonchev–Trinajstić information content (AvgIpc) is 3.22. The maximum absolute atomic E-state index is 12.9. The highest BCUT2D eigenvalue weighted by Gasteiger charge is 2.31. The van der Waals surface area contributed by atoms with Crippen LogP contribution in [0.25, 0.3) is 0 Å². The summed E-state index contributed by atoms with van der Waals surface area (Å²) in [5.74, 6) is -0.391. The molecule has 32 heavy (non-hydrogen) atoms. The number of benzene rings is 1. The number of rotatable bonds is 9. The van der Waals surface area contributed by atoms with Crippen LogP contribution in [0.5, 0.6) is 6.01 Å². The van der Waals surface area contributed by atoms with Gasteiger partial charge in [-0.05, 0) is 30.7 Å². The van der Waals surface area contributed by atoms with Crippen LogP contribution in [0.1, 0.15) is 12.0 Å². The third-order valence-electron chi connectivity index (χ3n) is 3.83. The Kier molecular flexibility index (Phi) is 7.00. The monoisotopic (exact) mass is 461 g/mol. The number of nitrogens with one attached hydrogen (secondary N) is 2. The Morgan fingerprint density at radius 3 is 2.44 bits per heavy atom. The van der Waals surface area contributed by atoms with Crippen molar-refractivity contribution in [2.45, 2.75) is 25.3 Å². The lowest BCUT2D eigenvalue weighted by atomic mass is 10.2. The summed E-state index contributed by atoms with van der Waals surface area (Å²) >= 11 is 0. The average molecular weight is 461 g/mol. The van der Waals surface area contributed by atoms with Gasteiger partial charge in [-0.15, -0.1) is 0 Å². The van der Waals surface area contributed by atoms with Crippen LogP contribution in [0.15, 0.2) is 42.7 Å². The Bertz CT molecular complexity index is 1010. The lowest BCUT2D eigenvalue weighted by molar-refractivity contribution is -0.154. The van der Waals surface area contributed by atoms with E-state index in [4.69, 9.17) is 0 Å². The van der Waals surface area contributed by atoms with Crippen LogP contribution in [0.3, 0.4) is 0 Å². The Balaban J connectivity index is 1.73.